The molecule has 1 unspecified atom stereocenters. The highest BCUT2D eigenvalue weighted by atomic mass is 32.2. The van der Waals surface area contributed by atoms with Gasteiger partial charge in [0.05, 0.1) is 5.56 Å². The molecular weight excluding hydrogens is 376 g/mol. The number of carbonyl (C=O) groups is 2. The minimum absolute atomic E-state index is 0.169. The van der Waals surface area contributed by atoms with Crippen LogP contribution in [0.1, 0.15) is 52.3 Å². The third-order valence-corrected chi connectivity index (χ3v) is 5.76. The van der Waals surface area contributed by atoms with Gasteiger partial charge in [-0.05, 0) is 43.2 Å². The first-order valence-electron chi connectivity index (χ1n) is 9.31. The van der Waals surface area contributed by atoms with Crippen LogP contribution < -0.4 is 10.6 Å². The van der Waals surface area contributed by atoms with E-state index in [1.165, 1.54) is 11.8 Å². The zero-order chi connectivity index (χ0) is 20.1. The number of rotatable bonds is 7. The number of furan rings is 1. The van der Waals surface area contributed by atoms with Crippen molar-refractivity contribution in [1.82, 2.24) is 15.2 Å². The van der Waals surface area contributed by atoms with Crippen molar-refractivity contribution in [3.05, 3.63) is 41.4 Å². The van der Waals surface area contributed by atoms with Gasteiger partial charge in [0.25, 0.3) is 11.8 Å². The number of nitrogens with one attached hydrogen (secondary N) is 2. The minimum atomic E-state index is -0.267. The molecule has 1 aliphatic rings. The third-order valence-electron chi connectivity index (χ3n) is 5.14. The standard InChI is InChI=1S/C20H24N4O3S/c1-24-12-13(10-21)9-16(24)19(25)22-11-15(14-5-3-4-6-14)23-20(26)17-7-8-18(27-17)28-2/h7-9,12,14-15H,3-6,11H2,1-2H3,(H,22,25)(H,23,26). The maximum Gasteiger partial charge on any atom is 0.287 e. The van der Waals surface area contributed by atoms with Crippen molar-refractivity contribution in [2.45, 2.75) is 36.8 Å². The molecule has 0 aromatic carbocycles. The number of carbonyl (C=O) groups excluding carboxylic acids is 2. The second-order valence-corrected chi connectivity index (χ2v) is 7.80. The first-order chi connectivity index (χ1) is 13.5. The van der Waals surface area contributed by atoms with Gasteiger partial charge in [-0.1, -0.05) is 24.6 Å². The van der Waals surface area contributed by atoms with Crippen molar-refractivity contribution >= 4 is 23.6 Å². The molecule has 0 aliphatic heterocycles. The monoisotopic (exact) mass is 400 g/mol. The van der Waals surface area contributed by atoms with E-state index in [2.05, 4.69) is 10.6 Å². The molecule has 0 saturated heterocycles. The summed E-state index contributed by atoms with van der Waals surface area (Å²) >= 11 is 1.44. The maximum absolute atomic E-state index is 12.6. The van der Waals surface area contributed by atoms with E-state index in [-0.39, 0.29) is 23.6 Å². The summed E-state index contributed by atoms with van der Waals surface area (Å²) in [5, 5.41) is 15.6. The first-order valence-corrected chi connectivity index (χ1v) is 10.5. The molecule has 1 fully saturated rings. The van der Waals surface area contributed by atoms with E-state index in [9.17, 15) is 9.59 Å². The molecule has 1 atom stereocenters. The Morgan fingerprint density at radius 3 is 2.71 bits per heavy atom. The lowest BCUT2D eigenvalue weighted by Gasteiger charge is -2.24. The zero-order valence-corrected chi connectivity index (χ0v) is 16.8. The summed E-state index contributed by atoms with van der Waals surface area (Å²) in [4.78, 5) is 25.1. The molecule has 2 amide bonds. The fourth-order valence-corrected chi connectivity index (χ4v) is 4.01. The van der Waals surface area contributed by atoms with Gasteiger partial charge in [0.2, 0.25) is 0 Å². The summed E-state index contributed by atoms with van der Waals surface area (Å²) in [5.41, 5.74) is 0.861. The summed E-state index contributed by atoms with van der Waals surface area (Å²) in [7, 11) is 1.73. The van der Waals surface area contributed by atoms with Crippen LogP contribution in [0.4, 0.5) is 0 Å². The molecule has 148 valence electrons. The lowest BCUT2D eigenvalue weighted by Crippen LogP contribution is -2.47. The van der Waals surface area contributed by atoms with Crippen LogP contribution in [0.3, 0.4) is 0 Å². The van der Waals surface area contributed by atoms with Gasteiger partial charge in [-0.15, -0.1) is 0 Å². The Morgan fingerprint density at radius 1 is 1.36 bits per heavy atom. The molecule has 28 heavy (non-hydrogen) atoms. The van der Waals surface area contributed by atoms with Crippen molar-refractivity contribution in [1.29, 1.82) is 5.26 Å². The van der Waals surface area contributed by atoms with Gasteiger partial charge in [0, 0.05) is 25.8 Å². The summed E-state index contributed by atoms with van der Waals surface area (Å²) in [5.74, 6) is 0.0723. The van der Waals surface area contributed by atoms with Crippen LogP contribution in [-0.2, 0) is 7.05 Å². The van der Waals surface area contributed by atoms with E-state index >= 15 is 0 Å². The maximum atomic E-state index is 12.6. The van der Waals surface area contributed by atoms with Crippen LogP contribution in [0.2, 0.25) is 0 Å². The summed E-state index contributed by atoms with van der Waals surface area (Å²) in [6.07, 6.45) is 7.82. The highest BCUT2D eigenvalue weighted by Crippen LogP contribution is 2.28. The second-order valence-electron chi connectivity index (χ2n) is 6.99. The van der Waals surface area contributed by atoms with Crippen LogP contribution in [0.25, 0.3) is 0 Å². The normalized spacial score (nSPS) is 15.2. The molecule has 2 N–H and O–H groups in total. The van der Waals surface area contributed by atoms with E-state index in [1.54, 1.807) is 36.0 Å². The molecular formula is C20H24N4O3S. The molecule has 7 nitrogen and oxygen atoms in total. The fraction of sp³-hybridized carbons (Fsp3) is 0.450. The lowest BCUT2D eigenvalue weighted by atomic mass is 9.97. The topological polar surface area (TPSA) is 100 Å². The molecule has 0 spiro atoms. The number of amides is 2. The number of hydrogen-bond acceptors (Lipinski definition) is 5. The summed E-state index contributed by atoms with van der Waals surface area (Å²) < 4.78 is 7.14. The Bertz CT molecular complexity index is 890. The van der Waals surface area contributed by atoms with E-state index in [0.717, 1.165) is 25.7 Å². The van der Waals surface area contributed by atoms with Gasteiger partial charge in [0.15, 0.2) is 10.9 Å². The molecule has 2 aromatic heterocycles. The van der Waals surface area contributed by atoms with Gasteiger partial charge in [0.1, 0.15) is 11.8 Å². The van der Waals surface area contributed by atoms with Crippen molar-refractivity contribution < 1.29 is 14.0 Å². The van der Waals surface area contributed by atoms with Crippen LogP contribution in [0.15, 0.2) is 33.9 Å². The number of hydrogen-bond donors (Lipinski definition) is 2. The highest BCUT2D eigenvalue weighted by Gasteiger charge is 2.28. The second kappa shape index (κ2) is 9.02. The van der Waals surface area contributed by atoms with E-state index < -0.39 is 0 Å². The van der Waals surface area contributed by atoms with Crippen molar-refractivity contribution in [2.24, 2.45) is 13.0 Å². The third kappa shape index (κ3) is 4.60. The predicted octanol–water partition coefficient (Wildman–Crippen LogP) is 2.93. The van der Waals surface area contributed by atoms with Crippen LogP contribution in [0, 0.1) is 17.2 Å². The average Bonchev–Trinajstić information content (AvgIpc) is 3.44. The average molecular weight is 401 g/mol. The van der Waals surface area contributed by atoms with Crippen LogP contribution in [-0.4, -0.2) is 35.2 Å². The molecule has 2 heterocycles. The van der Waals surface area contributed by atoms with Gasteiger partial charge < -0.3 is 19.6 Å². The molecule has 1 aliphatic carbocycles. The van der Waals surface area contributed by atoms with Crippen LogP contribution in [0.5, 0.6) is 0 Å². The number of thioether (sulfide) groups is 1. The van der Waals surface area contributed by atoms with E-state index in [4.69, 9.17) is 9.68 Å². The molecule has 8 heteroatoms. The summed E-state index contributed by atoms with van der Waals surface area (Å²) in [6, 6.07) is 6.86. The number of nitriles is 1. The van der Waals surface area contributed by atoms with Crippen LogP contribution >= 0.6 is 11.8 Å². The number of aryl methyl sites for hydroxylation is 1. The van der Waals surface area contributed by atoms with Crippen molar-refractivity contribution in [3.63, 3.8) is 0 Å². The van der Waals surface area contributed by atoms with Gasteiger partial charge in [-0.25, -0.2) is 0 Å². The molecule has 2 aromatic rings. The van der Waals surface area contributed by atoms with E-state index in [0.29, 0.717) is 28.8 Å². The minimum Gasteiger partial charge on any atom is -0.445 e. The highest BCUT2D eigenvalue weighted by molar-refractivity contribution is 7.98. The number of aromatic nitrogens is 1. The van der Waals surface area contributed by atoms with Gasteiger partial charge in [-0.2, -0.15) is 5.26 Å². The predicted molar refractivity (Wildman–Crippen MR) is 106 cm³/mol. The Morgan fingerprint density at radius 2 is 2.11 bits per heavy atom. The lowest BCUT2D eigenvalue weighted by molar-refractivity contribution is 0.0867. The Balaban J connectivity index is 1.66. The van der Waals surface area contributed by atoms with Crippen molar-refractivity contribution in [2.75, 3.05) is 12.8 Å². The van der Waals surface area contributed by atoms with Crippen molar-refractivity contribution in [3.8, 4) is 6.07 Å². The Labute approximate surface area is 168 Å². The molecule has 0 bridgehead atoms. The summed E-state index contributed by atoms with van der Waals surface area (Å²) in [6.45, 7) is 0.332. The molecule has 0 radical (unpaired) electrons. The molecule has 1 saturated carbocycles. The zero-order valence-electron chi connectivity index (χ0n) is 16.0. The molecule has 3 rings (SSSR count). The number of nitrogens with zero attached hydrogens (tertiary/aromatic N) is 2. The fourth-order valence-electron chi connectivity index (χ4n) is 3.63. The largest absolute Gasteiger partial charge is 0.445 e. The van der Waals surface area contributed by atoms with Gasteiger partial charge >= 0.3 is 0 Å². The SMILES string of the molecule is CSc1ccc(C(=O)NC(CNC(=O)c2cc(C#N)cn2C)C2CCCC2)o1. The quantitative estimate of drug-likeness (QED) is 0.696. The Hall–Kier alpha value is -2.66. The van der Waals surface area contributed by atoms with E-state index in [1.807, 2.05) is 12.3 Å². The van der Waals surface area contributed by atoms with Gasteiger partial charge in [-0.3, -0.25) is 9.59 Å². The Kier molecular flexibility index (Phi) is 6.47. The smallest absolute Gasteiger partial charge is 0.287 e. The first kappa shape index (κ1) is 20.1.